The van der Waals surface area contributed by atoms with Gasteiger partial charge in [-0.15, -0.1) is 23.7 Å². The Morgan fingerprint density at radius 1 is 1.19 bits per heavy atom. The fourth-order valence-electron chi connectivity index (χ4n) is 2.41. The third kappa shape index (κ3) is 4.97. The average molecular weight is 495 g/mol. The summed E-state index contributed by atoms with van der Waals surface area (Å²) in [5.74, 6) is -0.0235. The van der Waals surface area contributed by atoms with Crippen LogP contribution in [0.4, 0.5) is 5.13 Å². The normalized spacial score (nSPS) is 11.0. The van der Waals surface area contributed by atoms with Gasteiger partial charge in [0.1, 0.15) is 5.52 Å². The molecule has 2 aromatic heterocycles. The summed E-state index contributed by atoms with van der Waals surface area (Å²) in [7, 11) is 4.06. The van der Waals surface area contributed by atoms with E-state index in [1.165, 1.54) is 22.7 Å². The van der Waals surface area contributed by atoms with Gasteiger partial charge in [0.05, 0.1) is 18.4 Å². The van der Waals surface area contributed by atoms with E-state index in [1.807, 2.05) is 44.4 Å². The van der Waals surface area contributed by atoms with E-state index in [2.05, 4.69) is 25.8 Å². The van der Waals surface area contributed by atoms with Crippen LogP contribution in [0.15, 0.2) is 34.1 Å². The van der Waals surface area contributed by atoms with Crippen LogP contribution in [-0.4, -0.2) is 43.0 Å². The van der Waals surface area contributed by atoms with Crippen LogP contribution in [0.25, 0.3) is 10.2 Å². The van der Waals surface area contributed by atoms with E-state index in [9.17, 15) is 4.79 Å². The Bertz CT molecular complexity index is 897. The van der Waals surface area contributed by atoms with Crippen LogP contribution >= 0.6 is 62.6 Å². The molecule has 0 N–H and O–H groups in total. The lowest BCUT2D eigenvalue weighted by molar-refractivity contribution is 0.0990. The number of thiophene rings is 1. The maximum Gasteiger partial charge on any atom is 0.270 e. The number of carbonyl (C=O) groups excluding carboxylic acids is 1. The fourth-order valence-corrected chi connectivity index (χ4v) is 5.03. The van der Waals surface area contributed by atoms with Gasteiger partial charge in [0.15, 0.2) is 5.13 Å². The number of hydrogen-bond acceptors (Lipinski definition) is 5. The number of hydrogen-bond donors (Lipinski definition) is 0. The van der Waals surface area contributed by atoms with Crippen LogP contribution in [0.3, 0.4) is 0 Å². The van der Waals surface area contributed by atoms with E-state index in [4.69, 9.17) is 11.6 Å². The van der Waals surface area contributed by atoms with Gasteiger partial charge >= 0.3 is 0 Å². The van der Waals surface area contributed by atoms with Gasteiger partial charge in [-0.05, 0) is 67.3 Å². The summed E-state index contributed by atoms with van der Waals surface area (Å²) >= 11 is 12.6. The minimum atomic E-state index is -0.0235. The zero-order valence-corrected chi connectivity index (χ0v) is 19.0. The molecule has 0 radical (unpaired) electrons. The van der Waals surface area contributed by atoms with Crippen molar-refractivity contribution in [2.24, 2.45) is 0 Å². The van der Waals surface area contributed by atoms with Crippen molar-refractivity contribution < 1.29 is 4.79 Å². The summed E-state index contributed by atoms with van der Waals surface area (Å²) in [6.07, 6.45) is 0.870. The number of thiazole rings is 1. The smallest absolute Gasteiger partial charge is 0.270 e. The van der Waals surface area contributed by atoms with Crippen molar-refractivity contribution in [3.63, 3.8) is 0 Å². The first-order valence-corrected chi connectivity index (χ1v) is 10.5. The third-order valence-corrected chi connectivity index (χ3v) is 6.57. The molecule has 0 saturated heterocycles. The highest BCUT2D eigenvalue weighted by Crippen LogP contribution is 2.34. The number of fused-ring (bicyclic) bond motifs is 1. The lowest BCUT2D eigenvalue weighted by Gasteiger charge is -2.20. The molecule has 1 aromatic carbocycles. The maximum absolute atomic E-state index is 13.0. The fraction of sp³-hybridized carbons (Fsp3) is 0.294. The minimum absolute atomic E-state index is 0. The second-order valence-corrected chi connectivity index (χ2v) is 9.68. The lowest BCUT2D eigenvalue weighted by atomic mass is 10.3. The Balaban J connectivity index is 0.00000243. The Morgan fingerprint density at radius 3 is 2.58 bits per heavy atom. The summed E-state index contributed by atoms with van der Waals surface area (Å²) in [5.41, 5.74) is 0.752. The molecule has 3 rings (SSSR count). The predicted octanol–water partition coefficient (Wildman–Crippen LogP) is 5.79. The zero-order valence-electron chi connectivity index (χ0n) is 14.2. The van der Waals surface area contributed by atoms with E-state index in [1.54, 1.807) is 4.90 Å². The average Bonchev–Trinajstić information content (AvgIpc) is 3.18. The molecule has 26 heavy (non-hydrogen) atoms. The van der Waals surface area contributed by atoms with E-state index >= 15 is 0 Å². The third-order valence-electron chi connectivity index (χ3n) is 3.61. The number of halogens is 3. The number of para-hydroxylation sites is 1. The molecule has 9 heteroatoms. The minimum Gasteiger partial charge on any atom is -0.309 e. The summed E-state index contributed by atoms with van der Waals surface area (Å²) in [6.45, 7) is 1.52. The number of aromatic nitrogens is 1. The molecule has 0 aliphatic rings. The highest BCUT2D eigenvalue weighted by molar-refractivity contribution is 9.11. The highest BCUT2D eigenvalue weighted by atomic mass is 79.9. The summed E-state index contributed by atoms with van der Waals surface area (Å²) < 4.78 is 1.93. The molecule has 3 aromatic rings. The van der Waals surface area contributed by atoms with Gasteiger partial charge in [-0.1, -0.05) is 29.0 Å². The summed E-state index contributed by atoms with van der Waals surface area (Å²) in [6, 6.07) is 9.44. The topological polar surface area (TPSA) is 36.4 Å². The van der Waals surface area contributed by atoms with Crippen LogP contribution in [0.2, 0.25) is 5.02 Å². The van der Waals surface area contributed by atoms with E-state index in [0.717, 1.165) is 27.0 Å². The van der Waals surface area contributed by atoms with Gasteiger partial charge in [0, 0.05) is 6.54 Å². The van der Waals surface area contributed by atoms with Crippen molar-refractivity contribution >= 4 is 83.9 Å². The van der Waals surface area contributed by atoms with Gasteiger partial charge in [0.2, 0.25) is 0 Å². The van der Waals surface area contributed by atoms with Crippen LogP contribution in [0, 0.1) is 0 Å². The van der Waals surface area contributed by atoms with Gasteiger partial charge in [-0.3, -0.25) is 9.69 Å². The molecular weight excluding hydrogens is 477 g/mol. The van der Waals surface area contributed by atoms with E-state index in [-0.39, 0.29) is 18.3 Å². The second-order valence-electron chi connectivity index (χ2n) is 5.80. The number of benzene rings is 1. The number of nitrogens with zero attached hydrogens (tertiary/aromatic N) is 3. The highest BCUT2D eigenvalue weighted by Gasteiger charge is 2.23. The van der Waals surface area contributed by atoms with Crippen LogP contribution in [0.5, 0.6) is 0 Å². The molecule has 0 aliphatic carbocycles. The molecule has 0 atom stereocenters. The van der Waals surface area contributed by atoms with E-state index < -0.39 is 0 Å². The van der Waals surface area contributed by atoms with E-state index in [0.29, 0.717) is 21.6 Å². The van der Waals surface area contributed by atoms with Crippen molar-refractivity contribution in [2.45, 2.75) is 6.42 Å². The summed E-state index contributed by atoms with van der Waals surface area (Å²) in [4.78, 5) is 22.2. The number of anilines is 1. The van der Waals surface area contributed by atoms with Gasteiger partial charge in [-0.25, -0.2) is 4.98 Å². The van der Waals surface area contributed by atoms with Gasteiger partial charge < -0.3 is 4.90 Å². The predicted molar refractivity (Wildman–Crippen MR) is 119 cm³/mol. The van der Waals surface area contributed by atoms with Crippen molar-refractivity contribution in [3.8, 4) is 0 Å². The van der Waals surface area contributed by atoms with Crippen LogP contribution in [-0.2, 0) is 0 Å². The molecule has 140 valence electrons. The molecule has 4 nitrogen and oxygen atoms in total. The molecule has 2 heterocycles. The maximum atomic E-state index is 13.0. The molecule has 0 fully saturated rings. The van der Waals surface area contributed by atoms with Gasteiger partial charge in [-0.2, -0.15) is 0 Å². The molecule has 1 amide bonds. The molecule has 0 saturated carbocycles. The molecule has 0 unspecified atom stereocenters. The van der Waals surface area contributed by atoms with Crippen LogP contribution < -0.4 is 4.90 Å². The Morgan fingerprint density at radius 2 is 1.96 bits per heavy atom. The van der Waals surface area contributed by atoms with Crippen molar-refractivity contribution in [1.82, 2.24) is 9.88 Å². The first kappa shape index (κ1) is 21.6. The first-order valence-electron chi connectivity index (χ1n) is 7.72. The summed E-state index contributed by atoms with van der Waals surface area (Å²) in [5, 5.41) is 1.30. The molecular formula is C17H18BrCl2N3OS2. The van der Waals surface area contributed by atoms with Crippen molar-refractivity contribution in [2.75, 3.05) is 32.1 Å². The molecule has 0 aliphatic heterocycles. The standard InChI is InChI=1S/C17H17BrClN3OS2.ClH/c1-21(2)9-4-10-22(16(23)13-7-8-14(18)24-13)17-20-15-11(19)5-3-6-12(15)25-17;/h3,5-8H,4,9-10H2,1-2H3;1H. The van der Waals surface area contributed by atoms with Crippen molar-refractivity contribution in [1.29, 1.82) is 0 Å². The Hall–Kier alpha value is -0.700. The molecule has 0 spiro atoms. The van der Waals surface area contributed by atoms with Gasteiger partial charge in [0.25, 0.3) is 5.91 Å². The number of carbonyl (C=O) groups is 1. The largest absolute Gasteiger partial charge is 0.309 e. The first-order chi connectivity index (χ1) is 12.0. The zero-order chi connectivity index (χ0) is 18.0. The second kappa shape index (κ2) is 9.48. The number of rotatable bonds is 6. The number of amides is 1. The Labute approximate surface area is 180 Å². The molecule has 0 bridgehead atoms. The lowest BCUT2D eigenvalue weighted by Crippen LogP contribution is -2.32. The van der Waals surface area contributed by atoms with Crippen molar-refractivity contribution in [3.05, 3.63) is 44.0 Å². The Kier molecular flexibility index (Phi) is 7.88. The quantitative estimate of drug-likeness (QED) is 0.434. The SMILES string of the molecule is CN(C)CCCN(C(=O)c1ccc(Br)s1)c1nc2c(Cl)cccc2s1.Cl. The monoisotopic (exact) mass is 493 g/mol. The van der Waals surface area contributed by atoms with Crippen LogP contribution in [0.1, 0.15) is 16.1 Å².